The van der Waals surface area contributed by atoms with Gasteiger partial charge >= 0.3 is 12.0 Å². The van der Waals surface area contributed by atoms with Gasteiger partial charge in [0, 0.05) is 34.9 Å². The van der Waals surface area contributed by atoms with Gasteiger partial charge in [-0.05, 0) is 48.9 Å². The molecule has 2 N–H and O–H groups in total. The number of imide groups is 1. The zero-order valence-corrected chi connectivity index (χ0v) is 21.4. The van der Waals surface area contributed by atoms with Crippen molar-refractivity contribution in [1.29, 1.82) is 0 Å². The number of carbonyl (C=O) groups is 4. The zero-order chi connectivity index (χ0) is 27.5. The number of urea groups is 1. The number of nitrogens with zero attached hydrogens (tertiary/aromatic N) is 2. The fourth-order valence-corrected chi connectivity index (χ4v) is 4.48. The van der Waals surface area contributed by atoms with Gasteiger partial charge in [-0.15, -0.1) is 0 Å². The molecule has 3 aromatic carbocycles. The molecule has 0 radical (unpaired) electrons. The van der Waals surface area contributed by atoms with Crippen molar-refractivity contribution in [2.45, 2.75) is 13.5 Å². The molecule has 5 rings (SSSR count). The van der Waals surface area contributed by atoms with Crippen LogP contribution in [0.25, 0.3) is 17.0 Å². The molecule has 0 unspecified atom stereocenters. The molecule has 9 nitrogen and oxygen atoms in total. The van der Waals surface area contributed by atoms with E-state index < -0.39 is 30.4 Å². The maximum absolute atomic E-state index is 13.1. The standard InChI is InChI=1S/C30H26N4O5/c1-19-10-12-23(13-11-19)31-27(35)18-34-28(36)25(32-30(34)38)15-22-17-33(26-9-4-3-8-24(22)26)16-20-6-5-7-21(14-20)29(37)39-2/h3-15,17H,16,18H2,1-2H3,(H,31,35)(H,32,38)/b25-15-. The molecule has 39 heavy (non-hydrogen) atoms. The van der Waals surface area contributed by atoms with E-state index in [1.807, 2.05) is 60.2 Å². The van der Waals surface area contributed by atoms with Crippen LogP contribution in [0.3, 0.4) is 0 Å². The summed E-state index contributed by atoms with van der Waals surface area (Å²) in [6.07, 6.45) is 3.50. The van der Waals surface area contributed by atoms with E-state index in [0.29, 0.717) is 17.8 Å². The van der Waals surface area contributed by atoms with Crippen molar-refractivity contribution in [2.75, 3.05) is 19.0 Å². The van der Waals surface area contributed by atoms with Crippen LogP contribution in [-0.4, -0.2) is 46.9 Å². The average Bonchev–Trinajstić information content (AvgIpc) is 3.41. The van der Waals surface area contributed by atoms with Crippen LogP contribution in [0.15, 0.2) is 84.7 Å². The van der Waals surface area contributed by atoms with Crippen LogP contribution in [0.4, 0.5) is 10.5 Å². The molecule has 0 bridgehead atoms. The lowest BCUT2D eigenvalue weighted by Gasteiger charge is -2.12. The Kier molecular flexibility index (Phi) is 6.96. The van der Waals surface area contributed by atoms with E-state index in [-0.39, 0.29) is 5.70 Å². The lowest BCUT2D eigenvalue weighted by molar-refractivity contribution is -0.127. The van der Waals surface area contributed by atoms with Gasteiger partial charge in [-0.1, -0.05) is 48.0 Å². The van der Waals surface area contributed by atoms with E-state index in [9.17, 15) is 19.2 Å². The number of aromatic nitrogens is 1. The molecule has 9 heteroatoms. The highest BCUT2D eigenvalue weighted by molar-refractivity contribution is 6.16. The van der Waals surface area contributed by atoms with Gasteiger partial charge in [-0.2, -0.15) is 0 Å². The smallest absolute Gasteiger partial charge is 0.337 e. The first-order valence-electron chi connectivity index (χ1n) is 12.3. The Bertz CT molecular complexity index is 1630. The van der Waals surface area contributed by atoms with E-state index in [1.165, 1.54) is 7.11 Å². The zero-order valence-electron chi connectivity index (χ0n) is 21.4. The molecule has 1 aliphatic heterocycles. The number of aryl methyl sites for hydroxylation is 1. The van der Waals surface area contributed by atoms with Crippen LogP contribution in [0, 0.1) is 6.92 Å². The number of anilines is 1. The number of methoxy groups -OCH3 is 1. The molecule has 1 saturated heterocycles. The lowest BCUT2D eigenvalue weighted by atomic mass is 10.1. The highest BCUT2D eigenvalue weighted by Crippen LogP contribution is 2.26. The topological polar surface area (TPSA) is 110 Å². The number of rotatable bonds is 7. The van der Waals surface area contributed by atoms with Crippen LogP contribution in [-0.2, 0) is 20.9 Å². The number of hydrogen-bond donors (Lipinski definition) is 2. The highest BCUT2D eigenvalue weighted by Gasteiger charge is 2.35. The Labute approximate surface area is 224 Å². The van der Waals surface area contributed by atoms with Gasteiger partial charge in [0.15, 0.2) is 0 Å². The van der Waals surface area contributed by atoms with Crippen LogP contribution in [0.5, 0.6) is 0 Å². The SMILES string of the molecule is COC(=O)c1cccc(Cn2cc(/C=C3\NC(=O)N(CC(=O)Nc4ccc(C)cc4)C3=O)c3ccccc32)c1. The van der Waals surface area contributed by atoms with Crippen LogP contribution in [0.2, 0.25) is 0 Å². The monoisotopic (exact) mass is 522 g/mol. The largest absolute Gasteiger partial charge is 0.465 e. The van der Waals surface area contributed by atoms with Crippen molar-refractivity contribution in [3.63, 3.8) is 0 Å². The maximum atomic E-state index is 13.1. The summed E-state index contributed by atoms with van der Waals surface area (Å²) in [7, 11) is 1.34. The second kappa shape index (κ2) is 10.7. The molecule has 0 spiro atoms. The quantitative estimate of drug-likeness (QED) is 0.214. The summed E-state index contributed by atoms with van der Waals surface area (Å²) in [5.41, 5.74) is 4.71. The van der Waals surface area contributed by atoms with Crippen LogP contribution >= 0.6 is 0 Å². The fourth-order valence-electron chi connectivity index (χ4n) is 4.48. The molecule has 0 saturated carbocycles. The number of amides is 4. The molecule has 4 amide bonds. The number of hydrogen-bond acceptors (Lipinski definition) is 5. The molecule has 1 aliphatic rings. The van der Waals surface area contributed by atoms with Crippen molar-refractivity contribution >= 4 is 46.5 Å². The predicted octanol–water partition coefficient (Wildman–Crippen LogP) is 4.32. The van der Waals surface area contributed by atoms with Crippen molar-refractivity contribution in [1.82, 2.24) is 14.8 Å². The van der Waals surface area contributed by atoms with Crippen LogP contribution < -0.4 is 10.6 Å². The molecule has 4 aromatic rings. The maximum Gasteiger partial charge on any atom is 0.337 e. The minimum Gasteiger partial charge on any atom is -0.465 e. The van der Waals surface area contributed by atoms with Crippen LogP contribution in [0.1, 0.15) is 27.0 Å². The predicted molar refractivity (Wildman–Crippen MR) is 147 cm³/mol. The number of nitrogens with one attached hydrogen (secondary N) is 2. The molecule has 0 aliphatic carbocycles. The summed E-state index contributed by atoms with van der Waals surface area (Å²) < 4.78 is 6.83. The van der Waals surface area contributed by atoms with Gasteiger partial charge in [0.05, 0.1) is 12.7 Å². The summed E-state index contributed by atoms with van der Waals surface area (Å²) in [5, 5.41) is 6.17. The summed E-state index contributed by atoms with van der Waals surface area (Å²) in [6.45, 7) is 2.00. The van der Waals surface area contributed by atoms with E-state index in [2.05, 4.69) is 10.6 Å². The minimum atomic E-state index is -0.659. The molecular weight excluding hydrogens is 496 g/mol. The first kappa shape index (κ1) is 25.5. The molecule has 0 atom stereocenters. The number of fused-ring (bicyclic) bond motifs is 1. The van der Waals surface area contributed by atoms with Crippen molar-refractivity contribution in [2.24, 2.45) is 0 Å². The van der Waals surface area contributed by atoms with E-state index in [1.54, 1.807) is 36.4 Å². The third-order valence-electron chi connectivity index (χ3n) is 6.42. The Balaban J connectivity index is 1.37. The minimum absolute atomic E-state index is 0.0822. The van der Waals surface area contributed by atoms with E-state index >= 15 is 0 Å². The third kappa shape index (κ3) is 5.42. The third-order valence-corrected chi connectivity index (χ3v) is 6.42. The van der Waals surface area contributed by atoms with Crippen molar-refractivity contribution in [3.8, 4) is 0 Å². The Hall–Kier alpha value is -5.18. The summed E-state index contributed by atoms with van der Waals surface area (Å²) >= 11 is 0. The molecule has 1 aromatic heterocycles. The van der Waals surface area contributed by atoms with Crippen molar-refractivity contribution in [3.05, 3.63) is 107 Å². The first-order chi connectivity index (χ1) is 18.8. The van der Waals surface area contributed by atoms with Gasteiger partial charge in [0.1, 0.15) is 12.2 Å². The van der Waals surface area contributed by atoms with Gasteiger partial charge in [0.2, 0.25) is 5.91 Å². The Morgan fingerprint density at radius 1 is 1.00 bits per heavy atom. The van der Waals surface area contributed by atoms with Gasteiger partial charge in [-0.3, -0.25) is 9.59 Å². The van der Waals surface area contributed by atoms with Gasteiger partial charge < -0.3 is 19.9 Å². The average molecular weight is 523 g/mol. The number of esters is 1. The summed E-state index contributed by atoms with van der Waals surface area (Å²) in [5.74, 6) is -1.47. The van der Waals surface area contributed by atoms with Gasteiger partial charge in [-0.25, -0.2) is 14.5 Å². The van der Waals surface area contributed by atoms with E-state index in [4.69, 9.17) is 4.74 Å². The molecular formula is C30H26N4O5. The second-order valence-electron chi connectivity index (χ2n) is 9.22. The summed E-state index contributed by atoms with van der Waals surface area (Å²) in [4.78, 5) is 51.0. The second-order valence-corrected chi connectivity index (χ2v) is 9.22. The Morgan fingerprint density at radius 2 is 1.77 bits per heavy atom. The lowest BCUT2D eigenvalue weighted by Crippen LogP contribution is -2.38. The summed E-state index contributed by atoms with van der Waals surface area (Å²) in [6, 6.07) is 21.4. The fraction of sp³-hybridized carbons (Fsp3) is 0.133. The Morgan fingerprint density at radius 3 is 2.54 bits per heavy atom. The van der Waals surface area contributed by atoms with Gasteiger partial charge in [0.25, 0.3) is 5.91 Å². The van der Waals surface area contributed by atoms with Crippen molar-refractivity contribution < 1.29 is 23.9 Å². The number of ether oxygens (including phenoxy) is 1. The highest BCUT2D eigenvalue weighted by atomic mass is 16.5. The van der Waals surface area contributed by atoms with E-state index in [0.717, 1.165) is 32.5 Å². The molecule has 2 heterocycles. The normalized spacial score (nSPS) is 14.1. The number of para-hydroxylation sites is 1. The number of carbonyl (C=O) groups excluding carboxylic acids is 4. The molecule has 196 valence electrons. The molecule has 1 fully saturated rings. The number of benzene rings is 3. The first-order valence-corrected chi connectivity index (χ1v) is 12.3.